The second kappa shape index (κ2) is 8.01. The molecule has 2 heterocycles. The van der Waals surface area contributed by atoms with E-state index >= 15 is 0 Å². The Morgan fingerprint density at radius 3 is 2.62 bits per heavy atom. The summed E-state index contributed by atoms with van der Waals surface area (Å²) in [5, 5.41) is 7.19. The largest absolute Gasteiger partial charge is 0.378 e. The van der Waals surface area contributed by atoms with E-state index in [1.165, 1.54) is 6.07 Å². The lowest BCUT2D eigenvalue weighted by atomic mass is 10.00. The van der Waals surface area contributed by atoms with Crippen molar-refractivity contribution in [2.45, 2.75) is 13.5 Å². The van der Waals surface area contributed by atoms with Gasteiger partial charge in [0.15, 0.2) is 5.82 Å². The molecule has 4 aromatic rings. The zero-order valence-corrected chi connectivity index (χ0v) is 17.4. The maximum atomic E-state index is 14.4. The molecule has 0 fully saturated rings. The third-order valence-electron chi connectivity index (χ3n) is 5.61. The van der Waals surface area contributed by atoms with Crippen molar-refractivity contribution in [3.63, 3.8) is 0 Å². The minimum Gasteiger partial charge on any atom is -0.378 e. The molecule has 0 atom stereocenters. The summed E-state index contributed by atoms with van der Waals surface area (Å²) in [5.74, 6) is -0.173. The third kappa shape index (κ3) is 3.46. The molecule has 0 saturated heterocycles. The van der Waals surface area contributed by atoms with E-state index in [2.05, 4.69) is 10.6 Å². The molecule has 1 aliphatic heterocycles. The van der Waals surface area contributed by atoms with Crippen LogP contribution in [0.3, 0.4) is 0 Å². The van der Waals surface area contributed by atoms with E-state index in [4.69, 9.17) is 15.7 Å². The number of rotatable bonds is 4. The summed E-state index contributed by atoms with van der Waals surface area (Å²) in [6, 6.07) is 17.6. The first-order valence-corrected chi connectivity index (χ1v) is 10.3. The monoisotopic (exact) mass is 429 g/mol. The van der Waals surface area contributed by atoms with Crippen LogP contribution in [0.2, 0.25) is 0 Å². The molecular formula is C25H21F2N5. The lowest BCUT2D eigenvalue weighted by Crippen LogP contribution is -2.18. The molecule has 0 radical (unpaired) electrons. The maximum Gasteiger partial charge on any atom is 0.162 e. The number of nitrogens with one attached hydrogen (secondary N) is 2. The zero-order valence-electron chi connectivity index (χ0n) is 17.4. The van der Waals surface area contributed by atoms with E-state index in [1.807, 2.05) is 55.5 Å². The van der Waals surface area contributed by atoms with Gasteiger partial charge in [-0.05, 0) is 36.3 Å². The van der Waals surface area contributed by atoms with Crippen molar-refractivity contribution < 1.29 is 8.78 Å². The number of anilines is 2. The van der Waals surface area contributed by atoms with Crippen molar-refractivity contribution >= 4 is 28.1 Å². The molecule has 0 saturated carbocycles. The van der Waals surface area contributed by atoms with Gasteiger partial charge in [-0.15, -0.1) is 0 Å². The van der Waals surface area contributed by atoms with Crippen LogP contribution in [-0.4, -0.2) is 16.5 Å². The van der Waals surface area contributed by atoms with Crippen molar-refractivity contribution in [2.75, 3.05) is 17.2 Å². The van der Waals surface area contributed by atoms with Gasteiger partial charge in [-0.25, -0.2) is 18.7 Å². The molecule has 5 nitrogen and oxygen atoms in total. The summed E-state index contributed by atoms with van der Waals surface area (Å²) in [6.07, 6.45) is 0. The fourth-order valence-corrected chi connectivity index (χ4v) is 3.99. The number of halogens is 2. The van der Waals surface area contributed by atoms with E-state index in [0.717, 1.165) is 33.7 Å². The molecule has 0 aliphatic carbocycles. The van der Waals surface area contributed by atoms with Gasteiger partial charge in [-0.2, -0.15) is 0 Å². The lowest BCUT2D eigenvalue weighted by molar-refractivity contribution is 0.584. The summed E-state index contributed by atoms with van der Waals surface area (Å²) in [7, 11) is 0. The number of hydrogen-bond donors (Lipinski definition) is 3. The molecule has 32 heavy (non-hydrogen) atoms. The number of fused-ring (bicyclic) bond motifs is 2. The Hall–Kier alpha value is -3.84. The van der Waals surface area contributed by atoms with Gasteiger partial charge in [0.1, 0.15) is 17.5 Å². The molecule has 1 aliphatic rings. The number of nitrogens with zero attached hydrogens (tertiary/aromatic N) is 2. The minimum atomic E-state index is -0.637. The summed E-state index contributed by atoms with van der Waals surface area (Å²) in [4.78, 5) is 9.55. The van der Waals surface area contributed by atoms with Gasteiger partial charge in [-0.1, -0.05) is 36.4 Å². The predicted molar refractivity (Wildman–Crippen MR) is 124 cm³/mol. The molecule has 0 bridgehead atoms. The fraction of sp³-hybridized carbons (Fsp3) is 0.120. The number of nitrogens with two attached hydrogens (primary N) is 1. The summed E-state index contributed by atoms with van der Waals surface area (Å²) in [6.45, 7) is 2.70. The maximum absolute atomic E-state index is 14.4. The Labute approximate surface area is 184 Å². The average Bonchev–Trinajstić information content (AvgIpc) is 2.80. The Morgan fingerprint density at radius 1 is 1.00 bits per heavy atom. The molecule has 160 valence electrons. The molecular weight excluding hydrogens is 408 g/mol. The molecule has 3 aromatic carbocycles. The summed E-state index contributed by atoms with van der Waals surface area (Å²) in [5.41, 5.74) is 10.7. The zero-order chi connectivity index (χ0) is 22.2. The Balaban J connectivity index is 1.69. The molecule has 5 rings (SSSR count). The first-order valence-electron chi connectivity index (χ1n) is 10.3. The van der Waals surface area contributed by atoms with Gasteiger partial charge in [0.25, 0.3) is 0 Å². The Kier molecular flexibility index (Phi) is 5.03. The van der Waals surface area contributed by atoms with Crippen LogP contribution >= 0.6 is 0 Å². The van der Waals surface area contributed by atoms with Crippen LogP contribution in [0.1, 0.15) is 18.1 Å². The molecule has 0 spiro atoms. The second-order valence-electron chi connectivity index (χ2n) is 7.72. The van der Waals surface area contributed by atoms with Crippen LogP contribution in [0, 0.1) is 11.6 Å². The Bertz CT molecular complexity index is 1380. The van der Waals surface area contributed by atoms with Gasteiger partial charge in [0.2, 0.25) is 0 Å². The van der Waals surface area contributed by atoms with E-state index in [1.54, 1.807) is 0 Å². The van der Waals surface area contributed by atoms with Crippen LogP contribution in [0.15, 0.2) is 66.2 Å². The van der Waals surface area contributed by atoms with Crippen molar-refractivity contribution in [2.24, 2.45) is 5.73 Å². The molecule has 4 N–H and O–H groups in total. The van der Waals surface area contributed by atoms with Gasteiger partial charge in [0, 0.05) is 41.4 Å². The van der Waals surface area contributed by atoms with Gasteiger partial charge < -0.3 is 16.4 Å². The molecule has 7 heteroatoms. The molecule has 1 aromatic heterocycles. The van der Waals surface area contributed by atoms with Crippen molar-refractivity contribution in [1.29, 1.82) is 0 Å². The van der Waals surface area contributed by atoms with Crippen molar-refractivity contribution in [3.05, 3.63) is 89.0 Å². The number of benzene rings is 3. The highest BCUT2D eigenvalue weighted by Crippen LogP contribution is 2.36. The quantitative estimate of drug-likeness (QED) is 0.410. The first kappa shape index (κ1) is 20.1. The highest BCUT2D eigenvalue weighted by Gasteiger charge is 2.22. The topological polar surface area (TPSA) is 75.9 Å². The number of hydrogen-bond acceptors (Lipinski definition) is 5. The smallest absolute Gasteiger partial charge is 0.162 e. The van der Waals surface area contributed by atoms with Crippen LogP contribution in [0.25, 0.3) is 28.0 Å². The number of aromatic nitrogens is 2. The summed E-state index contributed by atoms with van der Waals surface area (Å²) < 4.78 is 28.5. The lowest BCUT2D eigenvalue weighted by Gasteiger charge is -2.25. The SMILES string of the molecule is CC1=C(Nc2nc(-c3ccccc3CN)nc3ccccc23)c2cc(F)cc(F)c2NC1. The van der Waals surface area contributed by atoms with E-state index in [9.17, 15) is 8.78 Å². The second-order valence-corrected chi connectivity index (χ2v) is 7.72. The number of para-hydroxylation sites is 1. The van der Waals surface area contributed by atoms with Gasteiger partial charge in [-0.3, -0.25) is 0 Å². The van der Waals surface area contributed by atoms with E-state index in [0.29, 0.717) is 36.0 Å². The summed E-state index contributed by atoms with van der Waals surface area (Å²) >= 11 is 0. The van der Waals surface area contributed by atoms with E-state index in [-0.39, 0.29) is 5.69 Å². The van der Waals surface area contributed by atoms with Gasteiger partial charge in [0.05, 0.1) is 11.2 Å². The average molecular weight is 429 g/mol. The third-order valence-corrected chi connectivity index (χ3v) is 5.61. The first-order chi connectivity index (χ1) is 15.5. The molecule has 0 amide bonds. The molecule has 0 unspecified atom stereocenters. The van der Waals surface area contributed by atoms with Crippen LogP contribution in [-0.2, 0) is 6.54 Å². The van der Waals surface area contributed by atoms with Crippen LogP contribution < -0.4 is 16.4 Å². The van der Waals surface area contributed by atoms with Crippen LogP contribution in [0.4, 0.5) is 20.3 Å². The van der Waals surface area contributed by atoms with Gasteiger partial charge >= 0.3 is 0 Å². The van der Waals surface area contributed by atoms with Crippen molar-refractivity contribution in [3.8, 4) is 11.4 Å². The minimum absolute atomic E-state index is 0.270. The van der Waals surface area contributed by atoms with E-state index < -0.39 is 11.6 Å². The normalized spacial score (nSPS) is 13.1. The fourth-order valence-electron chi connectivity index (χ4n) is 3.99. The standard InChI is InChI=1S/C25H21F2N5/c1-14-13-29-23-19(10-16(26)11-20(23)27)22(14)31-25-18-8-4-5-9-21(18)30-24(32-25)17-7-3-2-6-15(17)12-28/h2-11,29H,12-13,28H2,1H3,(H,30,31,32). The predicted octanol–water partition coefficient (Wildman–Crippen LogP) is 5.30. The highest BCUT2D eigenvalue weighted by atomic mass is 19.1. The van der Waals surface area contributed by atoms with Crippen molar-refractivity contribution in [1.82, 2.24) is 9.97 Å². The highest BCUT2D eigenvalue weighted by molar-refractivity contribution is 5.97. The Morgan fingerprint density at radius 2 is 1.78 bits per heavy atom. The van der Waals surface area contributed by atoms with Crippen LogP contribution in [0.5, 0.6) is 0 Å².